The zero-order valence-corrected chi connectivity index (χ0v) is 11.0. The van der Waals surface area contributed by atoms with Gasteiger partial charge in [0, 0.05) is 5.41 Å². The van der Waals surface area contributed by atoms with E-state index < -0.39 is 5.41 Å². The fourth-order valence-electron chi connectivity index (χ4n) is 1.31. The molecule has 0 atom stereocenters. The van der Waals surface area contributed by atoms with Gasteiger partial charge in [-0.05, 0) is 23.8 Å². The van der Waals surface area contributed by atoms with Gasteiger partial charge < -0.3 is 9.47 Å². The number of hydrogen-bond acceptors (Lipinski definition) is 2. The van der Waals surface area contributed by atoms with Gasteiger partial charge in [-0.1, -0.05) is 26.8 Å². The molecule has 0 saturated heterocycles. The van der Waals surface area contributed by atoms with Crippen LogP contribution in [0.4, 0.5) is 4.39 Å². The van der Waals surface area contributed by atoms with Crippen LogP contribution in [0.15, 0.2) is 24.0 Å². The highest BCUT2D eigenvalue weighted by Gasteiger charge is 2.16. The molecule has 0 aromatic heterocycles. The van der Waals surface area contributed by atoms with Crippen LogP contribution in [0, 0.1) is 5.41 Å². The summed E-state index contributed by atoms with van der Waals surface area (Å²) in [5, 5.41) is 0. The summed E-state index contributed by atoms with van der Waals surface area (Å²) < 4.78 is 24.1. The van der Waals surface area contributed by atoms with Crippen LogP contribution >= 0.6 is 0 Å². The summed E-state index contributed by atoms with van der Waals surface area (Å²) in [4.78, 5) is 0. The molecule has 0 aliphatic carbocycles. The summed E-state index contributed by atoms with van der Waals surface area (Å²) in [6.45, 7) is 5.50. The Morgan fingerprint density at radius 2 is 1.71 bits per heavy atom. The van der Waals surface area contributed by atoms with E-state index in [1.807, 2.05) is 20.8 Å². The molecule has 17 heavy (non-hydrogen) atoms. The van der Waals surface area contributed by atoms with Crippen molar-refractivity contribution in [2.45, 2.75) is 20.8 Å². The van der Waals surface area contributed by atoms with Gasteiger partial charge >= 0.3 is 0 Å². The summed E-state index contributed by atoms with van der Waals surface area (Å²) in [5.41, 5.74) is 0.280. The minimum absolute atomic E-state index is 0.162. The number of ether oxygens (including phenoxy) is 2. The molecule has 0 aliphatic heterocycles. The van der Waals surface area contributed by atoms with E-state index in [0.717, 1.165) is 5.56 Å². The van der Waals surface area contributed by atoms with Crippen LogP contribution in [0.5, 0.6) is 11.5 Å². The molecule has 3 heteroatoms. The average Bonchev–Trinajstić information content (AvgIpc) is 2.27. The predicted molar refractivity (Wildman–Crippen MR) is 68.1 cm³/mol. The molecule has 0 heterocycles. The minimum atomic E-state index is -0.479. The van der Waals surface area contributed by atoms with Crippen LogP contribution in [0.1, 0.15) is 26.3 Å². The number of rotatable bonds is 3. The second-order valence-corrected chi connectivity index (χ2v) is 4.86. The molecule has 1 rings (SSSR count). The number of methoxy groups -OCH3 is 2. The number of allylic oxidation sites excluding steroid dienone is 1. The van der Waals surface area contributed by atoms with Crippen LogP contribution in [0.25, 0.3) is 6.08 Å². The van der Waals surface area contributed by atoms with E-state index in [9.17, 15) is 4.39 Å². The SMILES string of the molecule is COc1ccc(/C=C(\F)C(C)(C)C)cc1OC. The fraction of sp³-hybridized carbons (Fsp3) is 0.429. The molecule has 0 amide bonds. The van der Waals surface area contributed by atoms with Crippen LogP contribution in [0.3, 0.4) is 0 Å². The standard InChI is InChI=1S/C14H19FO2/c1-14(2,3)13(15)9-10-6-7-11(16-4)12(8-10)17-5/h6-9H,1-5H3/b13-9-. The number of halogens is 1. The van der Waals surface area contributed by atoms with Crippen molar-refractivity contribution in [1.82, 2.24) is 0 Å². The molecular formula is C14H19FO2. The highest BCUT2D eigenvalue weighted by Crippen LogP contribution is 2.31. The maximum absolute atomic E-state index is 13.8. The van der Waals surface area contributed by atoms with Gasteiger partial charge in [-0.3, -0.25) is 0 Å². The highest BCUT2D eigenvalue weighted by molar-refractivity contribution is 5.57. The second kappa shape index (κ2) is 5.21. The average molecular weight is 238 g/mol. The Kier molecular flexibility index (Phi) is 4.16. The first-order chi connectivity index (χ1) is 7.88. The van der Waals surface area contributed by atoms with Gasteiger partial charge in [0.2, 0.25) is 0 Å². The van der Waals surface area contributed by atoms with Crippen molar-refractivity contribution < 1.29 is 13.9 Å². The lowest BCUT2D eigenvalue weighted by Gasteiger charge is -2.15. The summed E-state index contributed by atoms with van der Waals surface area (Å²) in [6, 6.07) is 5.32. The van der Waals surface area contributed by atoms with E-state index in [2.05, 4.69) is 0 Å². The Hall–Kier alpha value is -1.51. The van der Waals surface area contributed by atoms with Crippen molar-refractivity contribution in [3.8, 4) is 11.5 Å². The third-order valence-corrected chi connectivity index (χ3v) is 2.42. The van der Waals surface area contributed by atoms with Crippen molar-refractivity contribution >= 4 is 6.08 Å². The molecule has 0 saturated carbocycles. The van der Waals surface area contributed by atoms with E-state index in [0.29, 0.717) is 11.5 Å². The smallest absolute Gasteiger partial charge is 0.161 e. The zero-order valence-electron chi connectivity index (χ0n) is 11.0. The van der Waals surface area contributed by atoms with Gasteiger partial charge in [-0.25, -0.2) is 4.39 Å². The molecule has 0 radical (unpaired) electrons. The van der Waals surface area contributed by atoms with Gasteiger partial charge in [0.1, 0.15) is 5.83 Å². The lowest BCUT2D eigenvalue weighted by atomic mass is 9.93. The van der Waals surface area contributed by atoms with Crippen LogP contribution in [0.2, 0.25) is 0 Å². The van der Waals surface area contributed by atoms with Gasteiger partial charge in [-0.2, -0.15) is 0 Å². The van der Waals surface area contributed by atoms with Crippen LogP contribution < -0.4 is 9.47 Å². The Labute approximate surface area is 102 Å². The third-order valence-electron chi connectivity index (χ3n) is 2.42. The first-order valence-corrected chi connectivity index (χ1v) is 5.48. The Morgan fingerprint density at radius 3 is 2.18 bits per heavy atom. The molecule has 0 fully saturated rings. The minimum Gasteiger partial charge on any atom is -0.493 e. The first-order valence-electron chi connectivity index (χ1n) is 5.48. The van der Waals surface area contributed by atoms with Crippen molar-refractivity contribution in [1.29, 1.82) is 0 Å². The maximum atomic E-state index is 13.8. The molecule has 1 aromatic rings. The van der Waals surface area contributed by atoms with E-state index in [-0.39, 0.29) is 5.83 Å². The van der Waals surface area contributed by atoms with Gasteiger partial charge in [0.15, 0.2) is 11.5 Å². The Morgan fingerprint density at radius 1 is 1.12 bits per heavy atom. The van der Waals surface area contributed by atoms with Crippen LogP contribution in [-0.2, 0) is 0 Å². The van der Waals surface area contributed by atoms with Gasteiger partial charge in [0.25, 0.3) is 0 Å². The summed E-state index contributed by atoms with van der Waals surface area (Å²) in [7, 11) is 3.13. The van der Waals surface area contributed by atoms with Gasteiger partial charge in [-0.15, -0.1) is 0 Å². The molecule has 0 bridgehead atoms. The molecule has 0 aliphatic rings. The monoisotopic (exact) mass is 238 g/mol. The molecular weight excluding hydrogens is 219 g/mol. The van der Waals surface area contributed by atoms with E-state index in [1.165, 1.54) is 6.08 Å². The van der Waals surface area contributed by atoms with Crippen molar-refractivity contribution in [3.05, 3.63) is 29.6 Å². The largest absolute Gasteiger partial charge is 0.493 e. The van der Waals surface area contributed by atoms with E-state index >= 15 is 0 Å². The summed E-state index contributed by atoms with van der Waals surface area (Å²) >= 11 is 0. The number of benzene rings is 1. The van der Waals surface area contributed by atoms with Crippen molar-refractivity contribution in [2.24, 2.45) is 5.41 Å². The Bertz CT molecular complexity index is 417. The lowest BCUT2D eigenvalue weighted by Crippen LogP contribution is -2.05. The fourth-order valence-corrected chi connectivity index (χ4v) is 1.31. The number of hydrogen-bond donors (Lipinski definition) is 0. The normalized spacial score (nSPS) is 12.5. The maximum Gasteiger partial charge on any atom is 0.161 e. The molecule has 94 valence electrons. The summed E-state index contributed by atoms with van der Waals surface area (Å²) in [5.74, 6) is 1.08. The van der Waals surface area contributed by atoms with Gasteiger partial charge in [0.05, 0.1) is 14.2 Å². The van der Waals surface area contributed by atoms with E-state index in [4.69, 9.17) is 9.47 Å². The molecule has 1 aromatic carbocycles. The molecule has 0 spiro atoms. The molecule has 0 unspecified atom stereocenters. The quantitative estimate of drug-likeness (QED) is 0.790. The highest BCUT2D eigenvalue weighted by atomic mass is 19.1. The lowest BCUT2D eigenvalue weighted by molar-refractivity contribution is 0.355. The summed E-state index contributed by atoms with van der Waals surface area (Å²) in [6.07, 6.45) is 1.52. The first kappa shape index (κ1) is 13.6. The Balaban J connectivity index is 3.09. The zero-order chi connectivity index (χ0) is 13.1. The van der Waals surface area contributed by atoms with Crippen molar-refractivity contribution in [2.75, 3.05) is 14.2 Å². The van der Waals surface area contributed by atoms with Crippen molar-refractivity contribution in [3.63, 3.8) is 0 Å². The topological polar surface area (TPSA) is 18.5 Å². The predicted octanol–water partition coefficient (Wildman–Crippen LogP) is 4.06. The molecule has 2 nitrogen and oxygen atoms in total. The molecule has 0 N–H and O–H groups in total. The second-order valence-electron chi connectivity index (χ2n) is 4.86. The van der Waals surface area contributed by atoms with Crippen LogP contribution in [-0.4, -0.2) is 14.2 Å². The van der Waals surface area contributed by atoms with E-state index in [1.54, 1.807) is 32.4 Å². The third kappa shape index (κ3) is 3.48.